The van der Waals surface area contributed by atoms with Crippen molar-refractivity contribution in [2.24, 2.45) is 11.8 Å². The highest BCUT2D eigenvalue weighted by Gasteiger charge is 2.53. The van der Waals surface area contributed by atoms with Gasteiger partial charge in [0, 0.05) is 22.9 Å². The Labute approximate surface area is 307 Å². The van der Waals surface area contributed by atoms with Crippen molar-refractivity contribution in [3.63, 3.8) is 0 Å². The smallest absolute Gasteiger partial charge is 0.355 e. The molecule has 3 heterocycles. The number of nitrogens with one attached hydrogen (secondary N) is 2. The summed E-state index contributed by atoms with van der Waals surface area (Å²) >= 11 is 1.50. The van der Waals surface area contributed by atoms with Crippen LogP contribution in [0, 0.1) is 11.8 Å². The summed E-state index contributed by atoms with van der Waals surface area (Å²) in [5.74, 6) is 0.131. The number of phenols is 1. The van der Waals surface area contributed by atoms with Crippen molar-refractivity contribution in [2.75, 3.05) is 19.9 Å². The topological polar surface area (TPSA) is 117 Å². The average molecular weight is 718 g/mol. The standard InChI is InChI=1S/C41H55N3O6S/c1-7-8-9-11-28-19-34(45)37(32-18-27(6)13-15-31(32)26(4)5)35(20-28)50-24-42-22-29-14-16-33-38(43-36(46)21-30-12-10-17-51-30)40(47)44(33)39(29)41(48)49-23-25(2)3/h10,12,17-20,25,31-33,38,42,45H,4,7-9,11,13-16,21-24H2,1-3,5-6H3,(H,43,46)/t31-,32+,33+,38-/m0/s1. The molecule has 9 nitrogen and oxygen atoms in total. The summed E-state index contributed by atoms with van der Waals surface area (Å²) in [6.45, 7) is 15.3. The number of thiophene rings is 1. The summed E-state index contributed by atoms with van der Waals surface area (Å²) in [6.07, 6.45) is 9.72. The Morgan fingerprint density at radius 2 is 1.98 bits per heavy atom. The summed E-state index contributed by atoms with van der Waals surface area (Å²) in [6, 6.07) is 6.77. The number of hydrogen-bond donors (Lipinski definition) is 3. The van der Waals surface area contributed by atoms with Gasteiger partial charge in [-0.1, -0.05) is 63.5 Å². The van der Waals surface area contributed by atoms with Gasteiger partial charge in [-0.15, -0.1) is 11.3 Å². The largest absolute Gasteiger partial charge is 0.507 e. The van der Waals surface area contributed by atoms with Crippen LogP contribution >= 0.6 is 11.3 Å². The van der Waals surface area contributed by atoms with Gasteiger partial charge in [-0.3, -0.25) is 19.8 Å². The lowest BCUT2D eigenvalue weighted by molar-refractivity contribution is -0.158. The molecule has 3 N–H and O–H groups in total. The molecule has 0 unspecified atom stereocenters. The van der Waals surface area contributed by atoms with Gasteiger partial charge in [-0.2, -0.15) is 0 Å². The van der Waals surface area contributed by atoms with E-state index in [9.17, 15) is 19.5 Å². The van der Waals surface area contributed by atoms with Crippen molar-refractivity contribution in [2.45, 2.75) is 110 Å². The van der Waals surface area contributed by atoms with E-state index in [0.29, 0.717) is 25.1 Å². The van der Waals surface area contributed by atoms with Crippen molar-refractivity contribution < 1.29 is 29.0 Å². The van der Waals surface area contributed by atoms with E-state index in [-0.39, 0.29) is 66.8 Å². The van der Waals surface area contributed by atoms with Crippen molar-refractivity contribution >= 4 is 29.1 Å². The third kappa shape index (κ3) is 9.32. The number of aromatic hydroxyl groups is 1. The zero-order valence-corrected chi connectivity index (χ0v) is 31.7. The van der Waals surface area contributed by atoms with Crippen LogP contribution in [0.4, 0.5) is 0 Å². The predicted octanol–water partition coefficient (Wildman–Crippen LogP) is 7.31. The first-order valence-corrected chi connectivity index (χ1v) is 19.4. The maximum Gasteiger partial charge on any atom is 0.355 e. The molecule has 1 aliphatic carbocycles. The average Bonchev–Trinajstić information content (AvgIpc) is 3.60. The Morgan fingerprint density at radius 3 is 2.69 bits per heavy atom. The van der Waals surface area contributed by atoms with E-state index in [1.54, 1.807) is 0 Å². The Morgan fingerprint density at radius 1 is 1.18 bits per heavy atom. The molecule has 0 saturated carbocycles. The molecule has 1 fully saturated rings. The maximum atomic E-state index is 13.5. The van der Waals surface area contributed by atoms with Gasteiger partial charge in [0.1, 0.15) is 30.0 Å². The second-order valence-electron chi connectivity index (χ2n) is 14.8. The molecule has 0 radical (unpaired) electrons. The van der Waals surface area contributed by atoms with Gasteiger partial charge in [0.15, 0.2) is 0 Å². The maximum absolute atomic E-state index is 13.5. The van der Waals surface area contributed by atoms with Crippen molar-refractivity contribution in [1.29, 1.82) is 0 Å². The lowest BCUT2D eigenvalue weighted by atomic mass is 9.73. The highest BCUT2D eigenvalue weighted by molar-refractivity contribution is 7.10. The van der Waals surface area contributed by atoms with Crippen LogP contribution in [0.3, 0.4) is 0 Å². The number of carbonyl (C=O) groups is 3. The lowest BCUT2D eigenvalue weighted by Crippen LogP contribution is -2.72. The van der Waals surface area contributed by atoms with Gasteiger partial charge >= 0.3 is 5.97 Å². The van der Waals surface area contributed by atoms with Gasteiger partial charge in [-0.05, 0) is 98.9 Å². The minimum Gasteiger partial charge on any atom is -0.507 e. The van der Waals surface area contributed by atoms with Gasteiger partial charge < -0.3 is 19.9 Å². The van der Waals surface area contributed by atoms with Crippen LogP contribution in [0.1, 0.15) is 101 Å². The third-order valence-electron chi connectivity index (χ3n) is 10.1. The highest BCUT2D eigenvalue weighted by atomic mass is 32.1. The van der Waals surface area contributed by atoms with Crippen LogP contribution < -0.4 is 15.4 Å². The molecule has 5 rings (SSSR count). The van der Waals surface area contributed by atoms with Crippen molar-refractivity contribution in [3.8, 4) is 11.5 Å². The normalized spacial score (nSPS) is 21.6. The second-order valence-corrected chi connectivity index (χ2v) is 15.8. The van der Waals surface area contributed by atoms with Gasteiger partial charge in [0.05, 0.1) is 19.1 Å². The number of benzene rings is 1. The zero-order chi connectivity index (χ0) is 36.7. The second kappa shape index (κ2) is 17.6. The van der Waals surface area contributed by atoms with E-state index < -0.39 is 12.0 Å². The third-order valence-corrected chi connectivity index (χ3v) is 11.0. The molecule has 2 aromatic rings. The molecule has 10 heteroatoms. The fraction of sp³-hybridized carbons (Fsp3) is 0.537. The fourth-order valence-corrected chi connectivity index (χ4v) is 8.19. The Bertz CT molecular complexity index is 1640. The van der Waals surface area contributed by atoms with Crippen LogP contribution in [0.2, 0.25) is 0 Å². The van der Waals surface area contributed by atoms with E-state index in [0.717, 1.165) is 65.7 Å². The van der Waals surface area contributed by atoms with Crippen molar-refractivity contribution in [1.82, 2.24) is 15.5 Å². The molecule has 0 bridgehead atoms. The van der Waals surface area contributed by atoms with Gasteiger partial charge in [0.2, 0.25) is 5.91 Å². The number of rotatable bonds is 17. The summed E-state index contributed by atoms with van der Waals surface area (Å²) < 4.78 is 12.1. The van der Waals surface area contributed by atoms with E-state index in [2.05, 4.69) is 50.1 Å². The van der Waals surface area contributed by atoms with E-state index in [1.807, 2.05) is 37.4 Å². The summed E-state index contributed by atoms with van der Waals surface area (Å²) in [5.41, 5.74) is 5.22. The first-order valence-electron chi connectivity index (χ1n) is 18.5. The minimum atomic E-state index is -0.667. The molecule has 2 aliphatic heterocycles. The number of phenolic OH excluding ortho intramolecular Hbond substituents is 1. The van der Waals surface area contributed by atoms with E-state index >= 15 is 0 Å². The van der Waals surface area contributed by atoms with Crippen molar-refractivity contribution in [3.05, 3.63) is 80.7 Å². The number of amides is 2. The predicted molar refractivity (Wildman–Crippen MR) is 202 cm³/mol. The summed E-state index contributed by atoms with van der Waals surface area (Å²) in [5, 5.41) is 19.6. The molecule has 3 aliphatic rings. The molecule has 51 heavy (non-hydrogen) atoms. The number of fused-ring (bicyclic) bond motifs is 1. The van der Waals surface area contributed by atoms with Crippen LogP contribution in [-0.2, 0) is 32.0 Å². The number of unbranched alkanes of at least 4 members (excludes halogenated alkanes) is 2. The van der Waals surface area contributed by atoms with E-state index in [4.69, 9.17) is 9.47 Å². The number of carbonyl (C=O) groups excluding carboxylic acids is 3. The molecule has 4 atom stereocenters. The highest BCUT2D eigenvalue weighted by Crippen LogP contribution is 2.47. The molecule has 1 aromatic carbocycles. The Hall–Kier alpha value is -3.89. The number of aryl methyl sites for hydroxylation is 1. The molecule has 2 amide bonds. The number of β-lactam (4-membered cyclic amide) rings is 1. The first kappa shape index (κ1) is 38.3. The number of nitrogens with zero attached hydrogens (tertiary/aromatic N) is 1. The molecular formula is C41H55N3O6S. The molecule has 1 aromatic heterocycles. The molecular weight excluding hydrogens is 663 g/mol. The summed E-state index contributed by atoms with van der Waals surface area (Å²) in [4.78, 5) is 42.2. The molecule has 1 saturated heterocycles. The van der Waals surface area contributed by atoms with Gasteiger partial charge in [-0.25, -0.2) is 4.79 Å². The van der Waals surface area contributed by atoms with Crippen LogP contribution in [0.5, 0.6) is 11.5 Å². The number of ether oxygens (including phenoxy) is 2. The van der Waals surface area contributed by atoms with E-state index in [1.165, 1.54) is 21.8 Å². The number of allylic oxidation sites excluding steroid dienone is 3. The summed E-state index contributed by atoms with van der Waals surface area (Å²) in [7, 11) is 0. The molecule has 276 valence electrons. The lowest BCUT2D eigenvalue weighted by Gasteiger charge is -2.50. The van der Waals surface area contributed by atoms with Crippen LogP contribution in [0.15, 0.2) is 64.7 Å². The van der Waals surface area contributed by atoms with Crippen LogP contribution in [-0.4, -0.2) is 59.8 Å². The SMILES string of the molecule is C=C(C)[C@@H]1CCC(C)=C[C@H]1c1c(O)cc(CCCCC)cc1OCNCC1=C(C(=O)OCC(C)C)N2C(=O)[C@@H](NC(=O)Cc3cccs3)[C@H]2CC1. The first-order chi connectivity index (χ1) is 24.5. The minimum absolute atomic E-state index is 0.0487. The Balaban J connectivity index is 1.33. The quantitative estimate of drug-likeness (QED) is 0.0517. The molecule has 0 spiro atoms. The van der Waals surface area contributed by atoms with Crippen LogP contribution in [0.25, 0.3) is 0 Å². The monoisotopic (exact) mass is 717 g/mol. The number of hydrogen-bond acceptors (Lipinski definition) is 8. The fourth-order valence-electron chi connectivity index (χ4n) is 7.49. The van der Waals surface area contributed by atoms with Gasteiger partial charge in [0.25, 0.3) is 5.91 Å². The number of esters is 1. The zero-order valence-electron chi connectivity index (χ0n) is 30.9. The Kier molecular flexibility index (Phi) is 13.2.